The monoisotopic (exact) mass is 578 g/mol. The highest BCUT2D eigenvalue weighted by Gasteiger charge is 2.38. The highest BCUT2D eigenvalue weighted by Crippen LogP contribution is 2.40. The standard InChI is InChI=1S/C32H38N2O8/c1-21-28(31(35)39-3)30(25-9-6-10-26(20-25)34(37)38)29(22(2)33-21)32(36)42-18-7-8-23-12-14-24(15-13-23)16-19-41-27-11-4-5-17-40-27/h6,9-10,12-15,20,27,30,33H,4-5,7-8,11,16-19H2,1-3H3. The minimum atomic E-state index is -0.882. The lowest BCUT2D eigenvalue weighted by Gasteiger charge is -2.30. The van der Waals surface area contributed by atoms with E-state index in [0.717, 1.165) is 44.3 Å². The first-order chi connectivity index (χ1) is 20.3. The maximum absolute atomic E-state index is 13.4. The molecule has 10 nitrogen and oxygen atoms in total. The number of hydrogen-bond acceptors (Lipinski definition) is 9. The van der Waals surface area contributed by atoms with E-state index in [1.807, 2.05) is 0 Å². The van der Waals surface area contributed by atoms with Crippen LogP contribution in [0.2, 0.25) is 0 Å². The number of aryl methyl sites for hydroxylation is 1. The third kappa shape index (κ3) is 7.83. The van der Waals surface area contributed by atoms with E-state index in [0.29, 0.717) is 30.0 Å². The molecule has 1 N–H and O–H groups in total. The minimum absolute atomic E-state index is 0.0849. The Bertz CT molecular complexity index is 1340. The number of allylic oxidation sites excluding steroid dienone is 2. The number of non-ortho nitro benzene ring substituents is 1. The molecule has 1 saturated heterocycles. The number of dihydropyridines is 1. The summed E-state index contributed by atoms with van der Waals surface area (Å²) < 4.78 is 22.1. The van der Waals surface area contributed by atoms with Crippen molar-refractivity contribution in [2.24, 2.45) is 0 Å². The summed E-state index contributed by atoms with van der Waals surface area (Å²) in [5.41, 5.74) is 4.02. The summed E-state index contributed by atoms with van der Waals surface area (Å²) in [6.45, 7) is 4.98. The zero-order valence-electron chi connectivity index (χ0n) is 24.4. The molecule has 0 amide bonds. The van der Waals surface area contributed by atoms with E-state index in [9.17, 15) is 19.7 Å². The third-order valence-corrected chi connectivity index (χ3v) is 7.50. The van der Waals surface area contributed by atoms with Gasteiger partial charge in [0, 0.05) is 30.1 Å². The molecule has 2 aromatic rings. The van der Waals surface area contributed by atoms with Crippen LogP contribution in [0.1, 0.15) is 62.1 Å². The molecule has 2 aliphatic rings. The number of ether oxygens (including phenoxy) is 4. The number of nitrogens with zero attached hydrogens (tertiary/aromatic N) is 1. The normalized spacial score (nSPS) is 18.8. The zero-order chi connectivity index (χ0) is 30.1. The molecule has 0 aromatic heterocycles. The van der Waals surface area contributed by atoms with Gasteiger partial charge in [-0.25, -0.2) is 9.59 Å². The van der Waals surface area contributed by atoms with E-state index in [2.05, 4.69) is 29.6 Å². The molecular weight excluding hydrogens is 540 g/mol. The average Bonchev–Trinajstić information content (AvgIpc) is 2.99. The number of rotatable bonds is 12. The summed E-state index contributed by atoms with van der Waals surface area (Å²) >= 11 is 0. The molecule has 224 valence electrons. The van der Waals surface area contributed by atoms with Gasteiger partial charge < -0.3 is 24.3 Å². The minimum Gasteiger partial charge on any atom is -0.466 e. The van der Waals surface area contributed by atoms with E-state index in [1.165, 1.54) is 30.9 Å². The fraction of sp³-hybridized carbons (Fsp3) is 0.438. The molecule has 42 heavy (non-hydrogen) atoms. The molecule has 0 radical (unpaired) electrons. The van der Waals surface area contributed by atoms with Crippen LogP contribution < -0.4 is 5.32 Å². The van der Waals surface area contributed by atoms with Crippen LogP contribution in [0.25, 0.3) is 0 Å². The molecule has 2 unspecified atom stereocenters. The Kier molecular flexibility index (Phi) is 10.9. The Morgan fingerprint density at radius 1 is 0.976 bits per heavy atom. The van der Waals surface area contributed by atoms with E-state index in [1.54, 1.807) is 19.9 Å². The van der Waals surface area contributed by atoms with Gasteiger partial charge >= 0.3 is 11.9 Å². The van der Waals surface area contributed by atoms with Gasteiger partial charge in [-0.3, -0.25) is 10.1 Å². The molecule has 2 aromatic carbocycles. The Balaban J connectivity index is 1.36. The fourth-order valence-corrected chi connectivity index (χ4v) is 5.34. The smallest absolute Gasteiger partial charge is 0.336 e. The first-order valence-corrected chi connectivity index (χ1v) is 14.3. The SMILES string of the molecule is COC(=O)C1=C(C)NC(C)=C(C(=O)OCCCc2ccc(CCOC3CCCCO3)cc2)C1c1cccc([N+](=O)[O-])c1. The number of nitro groups is 1. The van der Waals surface area contributed by atoms with Crippen LogP contribution in [0.5, 0.6) is 0 Å². The Morgan fingerprint density at radius 2 is 1.67 bits per heavy atom. The highest BCUT2D eigenvalue weighted by molar-refractivity contribution is 5.99. The van der Waals surface area contributed by atoms with Gasteiger partial charge in [0.25, 0.3) is 5.69 Å². The molecule has 2 aliphatic heterocycles. The van der Waals surface area contributed by atoms with Crippen LogP contribution in [0.4, 0.5) is 5.69 Å². The largest absolute Gasteiger partial charge is 0.466 e. The molecule has 2 heterocycles. The number of esters is 2. The van der Waals surface area contributed by atoms with Crippen molar-refractivity contribution in [1.29, 1.82) is 0 Å². The number of carbonyl (C=O) groups is 2. The molecular formula is C32H38N2O8. The van der Waals surface area contributed by atoms with Crippen molar-refractivity contribution >= 4 is 17.6 Å². The number of benzene rings is 2. The van der Waals surface area contributed by atoms with E-state index < -0.39 is 22.8 Å². The fourth-order valence-electron chi connectivity index (χ4n) is 5.34. The molecule has 1 fully saturated rings. The van der Waals surface area contributed by atoms with Gasteiger partial charge in [0.05, 0.1) is 42.3 Å². The van der Waals surface area contributed by atoms with Gasteiger partial charge in [-0.15, -0.1) is 0 Å². The van der Waals surface area contributed by atoms with Gasteiger partial charge in [-0.1, -0.05) is 36.4 Å². The third-order valence-electron chi connectivity index (χ3n) is 7.50. The quantitative estimate of drug-likeness (QED) is 0.155. The van der Waals surface area contributed by atoms with Gasteiger partial charge in [0.2, 0.25) is 0 Å². The summed E-state index contributed by atoms with van der Waals surface area (Å²) in [4.78, 5) is 37.1. The maximum Gasteiger partial charge on any atom is 0.336 e. The first kappa shape index (κ1) is 30.9. The Morgan fingerprint density at radius 3 is 2.31 bits per heavy atom. The van der Waals surface area contributed by atoms with Crippen LogP contribution in [0, 0.1) is 10.1 Å². The van der Waals surface area contributed by atoms with Crippen LogP contribution >= 0.6 is 0 Å². The topological polar surface area (TPSA) is 126 Å². The van der Waals surface area contributed by atoms with Crippen molar-refractivity contribution < 1.29 is 33.5 Å². The average molecular weight is 579 g/mol. The van der Waals surface area contributed by atoms with Crippen LogP contribution in [0.3, 0.4) is 0 Å². The van der Waals surface area contributed by atoms with Gasteiger partial charge in [0.1, 0.15) is 0 Å². The second-order valence-electron chi connectivity index (χ2n) is 10.5. The number of carbonyl (C=O) groups excluding carboxylic acids is 2. The molecule has 0 bridgehead atoms. The molecule has 0 spiro atoms. The van der Waals surface area contributed by atoms with Gasteiger partial charge in [0.15, 0.2) is 6.29 Å². The van der Waals surface area contributed by atoms with E-state index in [-0.39, 0.29) is 29.7 Å². The Hall–Kier alpha value is -4.02. The van der Waals surface area contributed by atoms with Crippen molar-refractivity contribution in [3.8, 4) is 0 Å². The number of nitrogens with one attached hydrogen (secondary N) is 1. The van der Waals surface area contributed by atoms with Crippen molar-refractivity contribution in [3.05, 3.63) is 97.9 Å². The molecule has 10 heteroatoms. The second kappa shape index (κ2) is 14.7. The lowest BCUT2D eigenvalue weighted by atomic mass is 9.80. The molecule has 0 aliphatic carbocycles. The second-order valence-corrected chi connectivity index (χ2v) is 10.5. The zero-order valence-corrected chi connectivity index (χ0v) is 24.4. The number of methoxy groups -OCH3 is 1. The summed E-state index contributed by atoms with van der Waals surface area (Å²) in [5.74, 6) is -2.11. The van der Waals surface area contributed by atoms with E-state index in [4.69, 9.17) is 18.9 Å². The number of nitro benzene ring substituents is 1. The van der Waals surface area contributed by atoms with Crippen LogP contribution in [0.15, 0.2) is 71.1 Å². The van der Waals surface area contributed by atoms with Crippen LogP contribution in [-0.2, 0) is 41.4 Å². The Labute approximate surface area is 245 Å². The lowest BCUT2D eigenvalue weighted by Crippen LogP contribution is -2.32. The molecule has 2 atom stereocenters. The molecule has 4 rings (SSSR count). The number of hydrogen-bond donors (Lipinski definition) is 1. The van der Waals surface area contributed by atoms with Crippen molar-refractivity contribution in [2.45, 2.75) is 64.6 Å². The lowest BCUT2D eigenvalue weighted by molar-refractivity contribution is -0.384. The summed E-state index contributed by atoms with van der Waals surface area (Å²) in [6.07, 6.45) is 5.25. The van der Waals surface area contributed by atoms with Crippen molar-refractivity contribution in [2.75, 3.05) is 26.9 Å². The van der Waals surface area contributed by atoms with Gasteiger partial charge in [-0.2, -0.15) is 0 Å². The van der Waals surface area contributed by atoms with Gasteiger partial charge in [-0.05, 0) is 69.1 Å². The summed E-state index contributed by atoms with van der Waals surface area (Å²) in [6, 6.07) is 14.2. The summed E-state index contributed by atoms with van der Waals surface area (Å²) in [7, 11) is 1.25. The summed E-state index contributed by atoms with van der Waals surface area (Å²) in [5, 5.41) is 14.5. The predicted molar refractivity (Wildman–Crippen MR) is 155 cm³/mol. The highest BCUT2D eigenvalue weighted by atomic mass is 16.7. The predicted octanol–water partition coefficient (Wildman–Crippen LogP) is 5.26. The van der Waals surface area contributed by atoms with Crippen molar-refractivity contribution in [1.82, 2.24) is 5.32 Å². The van der Waals surface area contributed by atoms with Crippen LogP contribution in [-0.4, -0.2) is 50.1 Å². The maximum atomic E-state index is 13.4. The molecule has 0 saturated carbocycles. The first-order valence-electron chi connectivity index (χ1n) is 14.3. The van der Waals surface area contributed by atoms with E-state index >= 15 is 0 Å². The van der Waals surface area contributed by atoms with Crippen molar-refractivity contribution in [3.63, 3.8) is 0 Å².